The molecule has 2 rings (SSSR count). The number of thiocarbonyl (C=S) groups is 1. The van der Waals surface area contributed by atoms with Crippen molar-refractivity contribution in [1.29, 1.82) is 0 Å². The molecule has 154 valence electrons. The van der Waals surface area contributed by atoms with Crippen molar-refractivity contribution < 1.29 is 32.3 Å². The molecule has 2 N–H and O–H groups in total. The lowest BCUT2D eigenvalue weighted by Gasteiger charge is -2.13. The van der Waals surface area contributed by atoms with Gasteiger partial charge in [0.15, 0.2) is 0 Å². The maximum Gasteiger partial charge on any atom is 0.416 e. The van der Waals surface area contributed by atoms with Crippen LogP contribution >= 0.6 is 12.2 Å². The number of rotatable bonds is 8. The lowest BCUT2D eigenvalue weighted by molar-refractivity contribution is -0.149. The van der Waals surface area contributed by atoms with Gasteiger partial charge in [-0.05, 0) is 23.8 Å². The summed E-state index contributed by atoms with van der Waals surface area (Å²) in [4.78, 5) is 16.3. The first kappa shape index (κ1) is 22.3. The number of nitrogens with zero attached hydrogens (tertiary/aromatic N) is 1. The van der Waals surface area contributed by atoms with Gasteiger partial charge in [-0.2, -0.15) is 13.2 Å². The third kappa shape index (κ3) is 7.15. The quantitative estimate of drug-likeness (QED) is 0.286. The number of alkyl halides is 3. The fraction of sp³-hybridized carbons (Fsp3) is 0.211. The third-order valence-electron chi connectivity index (χ3n) is 3.68. The molecule has 0 bridgehead atoms. The number of carbonyl (C=O) groups is 1. The van der Waals surface area contributed by atoms with Crippen LogP contribution in [-0.4, -0.2) is 28.4 Å². The van der Waals surface area contributed by atoms with Crippen molar-refractivity contribution in [3.63, 3.8) is 0 Å². The Balaban J connectivity index is 1.93. The highest BCUT2D eigenvalue weighted by molar-refractivity contribution is 7.80. The van der Waals surface area contributed by atoms with Gasteiger partial charge in [0.25, 0.3) is 0 Å². The van der Waals surface area contributed by atoms with Gasteiger partial charge in [-0.1, -0.05) is 47.7 Å². The predicted octanol–water partition coefficient (Wildman–Crippen LogP) is 4.16. The average Bonchev–Trinajstić information content (AvgIpc) is 2.66. The number of carboxylic acids is 1. The molecule has 0 aliphatic rings. The standard InChI is InChI=1S/C19H16F4N2O3S/c20-15-7-2-1-5-13(15)11-24-17(29)9-16(18(26)27)28-25-10-12-4-3-6-14(8-12)19(21,22)23/h1-8,10,16H,9,11H2,(H,24,29)(H,26,27). The molecule has 10 heteroatoms. The van der Waals surface area contributed by atoms with Gasteiger partial charge < -0.3 is 15.3 Å². The second-order valence-corrected chi connectivity index (χ2v) is 6.36. The number of aliphatic carboxylic acids is 1. The van der Waals surface area contributed by atoms with E-state index in [2.05, 4.69) is 10.5 Å². The highest BCUT2D eigenvalue weighted by Gasteiger charge is 2.30. The van der Waals surface area contributed by atoms with Crippen molar-refractivity contribution in [2.45, 2.75) is 25.2 Å². The van der Waals surface area contributed by atoms with E-state index in [-0.39, 0.29) is 23.5 Å². The van der Waals surface area contributed by atoms with E-state index in [4.69, 9.17) is 17.1 Å². The molecule has 0 saturated heterocycles. The van der Waals surface area contributed by atoms with Gasteiger partial charge in [0.05, 0.1) is 16.8 Å². The van der Waals surface area contributed by atoms with E-state index in [0.29, 0.717) is 5.56 Å². The second-order valence-electron chi connectivity index (χ2n) is 5.86. The van der Waals surface area contributed by atoms with Crippen LogP contribution in [0.15, 0.2) is 53.7 Å². The smallest absolute Gasteiger partial charge is 0.416 e. The zero-order chi connectivity index (χ0) is 21.4. The first-order chi connectivity index (χ1) is 13.7. The maximum absolute atomic E-state index is 13.6. The molecule has 0 amide bonds. The number of carboxylic acid groups (broad SMARTS) is 1. The average molecular weight is 428 g/mol. The highest BCUT2D eigenvalue weighted by Crippen LogP contribution is 2.29. The van der Waals surface area contributed by atoms with Crippen LogP contribution in [0.3, 0.4) is 0 Å². The summed E-state index contributed by atoms with van der Waals surface area (Å²) >= 11 is 5.04. The lowest BCUT2D eigenvalue weighted by atomic mass is 10.1. The molecule has 0 saturated carbocycles. The minimum absolute atomic E-state index is 0.0609. The summed E-state index contributed by atoms with van der Waals surface area (Å²) in [7, 11) is 0. The van der Waals surface area contributed by atoms with Crippen LogP contribution in [0.4, 0.5) is 17.6 Å². The van der Waals surface area contributed by atoms with Crippen molar-refractivity contribution in [3.05, 3.63) is 71.0 Å². The Kier molecular flexibility index (Phi) is 7.66. The van der Waals surface area contributed by atoms with Gasteiger partial charge in [-0.15, -0.1) is 0 Å². The number of hydrogen-bond donors (Lipinski definition) is 2. The van der Waals surface area contributed by atoms with E-state index < -0.39 is 29.6 Å². The molecule has 0 heterocycles. The molecular weight excluding hydrogens is 412 g/mol. The second kappa shape index (κ2) is 9.97. The Labute approximate surface area is 169 Å². The summed E-state index contributed by atoms with van der Waals surface area (Å²) in [6, 6.07) is 10.3. The van der Waals surface area contributed by atoms with Crippen molar-refractivity contribution in [2.24, 2.45) is 5.16 Å². The molecule has 0 radical (unpaired) electrons. The maximum atomic E-state index is 13.6. The third-order valence-corrected chi connectivity index (χ3v) is 3.99. The van der Waals surface area contributed by atoms with Crippen molar-refractivity contribution >= 4 is 29.4 Å². The largest absolute Gasteiger partial charge is 0.478 e. The van der Waals surface area contributed by atoms with Crippen LogP contribution in [0.1, 0.15) is 23.1 Å². The van der Waals surface area contributed by atoms with E-state index in [1.54, 1.807) is 12.1 Å². The number of nitrogens with one attached hydrogen (secondary N) is 1. The van der Waals surface area contributed by atoms with E-state index in [9.17, 15) is 27.5 Å². The fourth-order valence-electron chi connectivity index (χ4n) is 2.21. The minimum Gasteiger partial charge on any atom is -0.478 e. The molecule has 1 unspecified atom stereocenters. The molecule has 0 fully saturated rings. The van der Waals surface area contributed by atoms with E-state index in [1.165, 1.54) is 24.3 Å². The van der Waals surface area contributed by atoms with Crippen LogP contribution in [0.2, 0.25) is 0 Å². The predicted molar refractivity (Wildman–Crippen MR) is 102 cm³/mol. The number of benzene rings is 2. The van der Waals surface area contributed by atoms with Crippen LogP contribution in [-0.2, 0) is 22.4 Å². The van der Waals surface area contributed by atoms with Crippen LogP contribution in [0.25, 0.3) is 0 Å². The molecule has 0 spiro atoms. The van der Waals surface area contributed by atoms with Crippen LogP contribution < -0.4 is 5.32 Å². The van der Waals surface area contributed by atoms with E-state index in [0.717, 1.165) is 18.3 Å². The molecule has 2 aromatic rings. The number of hydrogen-bond acceptors (Lipinski definition) is 4. The monoisotopic (exact) mass is 428 g/mol. The molecule has 1 atom stereocenters. The summed E-state index contributed by atoms with van der Waals surface area (Å²) in [6.45, 7) is 0.0609. The summed E-state index contributed by atoms with van der Waals surface area (Å²) < 4.78 is 51.6. The molecule has 0 aliphatic carbocycles. The first-order valence-electron chi connectivity index (χ1n) is 8.26. The molecule has 5 nitrogen and oxygen atoms in total. The van der Waals surface area contributed by atoms with Gasteiger partial charge in [-0.3, -0.25) is 0 Å². The van der Waals surface area contributed by atoms with E-state index in [1.807, 2.05) is 0 Å². The molecule has 0 aromatic heterocycles. The summed E-state index contributed by atoms with van der Waals surface area (Å²) in [5.41, 5.74) is -0.427. The Morgan fingerprint density at radius 3 is 2.62 bits per heavy atom. The van der Waals surface area contributed by atoms with Gasteiger partial charge in [0.1, 0.15) is 5.82 Å². The summed E-state index contributed by atoms with van der Waals surface area (Å²) in [6.07, 6.45) is -5.25. The Morgan fingerprint density at radius 1 is 1.24 bits per heavy atom. The Bertz CT molecular complexity index is 903. The lowest BCUT2D eigenvalue weighted by Crippen LogP contribution is -2.31. The summed E-state index contributed by atoms with van der Waals surface area (Å²) in [5.74, 6) is -1.79. The number of oxime groups is 1. The van der Waals surface area contributed by atoms with Crippen molar-refractivity contribution in [3.8, 4) is 0 Å². The Hall–Kier alpha value is -3.01. The fourth-order valence-corrected chi connectivity index (χ4v) is 2.43. The van der Waals surface area contributed by atoms with Crippen LogP contribution in [0, 0.1) is 5.82 Å². The van der Waals surface area contributed by atoms with Gasteiger partial charge in [0.2, 0.25) is 6.10 Å². The molecule has 0 aliphatic heterocycles. The molecule has 2 aromatic carbocycles. The SMILES string of the molecule is O=C(O)C(CC(=S)NCc1ccccc1F)ON=Cc1cccc(C(F)(F)F)c1. The summed E-state index contributed by atoms with van der Waals surface area (Å²) in [5, 5.41) is 15.4. The van der Waals surface area contributed by atoms with E-state index >= 15 is 0 Å². The zero-order valence-electron chi connectivity index (χ0n) is 14.8. The number of halogens is 4. The van der Waals surface area contributed by atoms with Crippen molar-refractivity contribution in [1.82, 2.24) is 5.32 Å². The van der Waals surface area contributed by atoms with Gasteiger partial charge in [0, 0.05) is 18.5 Å². The molecule has 29 heavy (non-hydrogen) atoms. The zero-order valence-corrected chi connectivity index (χ0v) is 15.6. The van der Waals surface area contributed by atoms with Gasteiger partial charge in [-0.25, -0.2) is 9.18 Å². The minimum atomic E-state index is -4.51. The van der Waals surface area contributed by atoms with Crippen LogP contribution in [0.5, 0.6) is 0 Å². The molecular formula is C19H16F4N2O3S. The van der Waals surface area contributed by atoms with Crippen molar-refractivity contribution in [2.75, 3.05) is 0 Å². The normalized spacial score (nSPS) is 12.6. The Morgan fingerprint density at radius 2 is 1.97 bits per heavy atom. The topological polar surface area (TPSA) is 70.9 Å². The first-order valence-corrected chi connectivity index (χ1v) is 8.67. The van der Waals surface area contributed by atoms with Gasteiger partial charge >= 0.3 is 12.1 Å². The highest BCUT2D eigenvalue weighted by atomic mass is 32.1.